The molecular formula is C13H18N2S. The number of benzene rings is 1. The molecule has 1 heterocycles. The van der Waals surface area contributed by atoms with Gasteiger partial charge in [-0.15, -0.1) is 0 Å². The van der Waals surface area contributed by atoms with Crippen LogP contribution < -0.4 is 10.6 Å². The number of nitrogens with two attached hydrogens (primary N) is 1. The monoisotopic (exact) mass is 234 g/mol. The summed E-state index contributed by atoms with van der Waals surface area (Å²) in [5, 5.41) is 0. The predicted octanol–water partition coefficient (Wildman–Crippen LogP) is 2.74. The summed E-state index contributed by atoms with van der Waals surface area (Å²) in [6.07, 6.45) is 4.07. The molecular weight excluding hydrogens is 216 g/mol. The molecule has 1 saturated heterocycles. The first kappa shape index (κ1) is 10.3. The molecule has 1 atom stereocenters. The first-order chi connectivity index (χ1) is 7.84. The summed E-state index contributed by atoms with van der Waals surface area (Å²) < 4.78 is 0. The number of thioether (sulfide) groups is 1. The van der Waals surface area contributed by atoms with Gasteiger partial charge >= 0.3 is 0 Å². The normalized spacial score (nSPS) is 24.6. The first-order valence-electron chi connectivity index (χ1n) is 6.06. The highest BCUT2D eigenvalue weighted by Crippen LogP contribution is 2.37. The van der Waals surface area contributed by atoms with Gasteiger partial charge in [-0.3, -0.25) is 0 Å². The van der Waals surface area contributed by atoms with Crippen molar-refractivity contribution >= 4 is 23.1 Å². The van der Waals surface area contributed by atoms with Crippen LogP contribution in [-0.4, -0.2) is 23.6 Å². The minimum atomic E-state index is 0.751. The van der Waals surface area contributed by atoms with Gasteiger partial charge in [0.2, 0.25) is 0 Å². The molecule has 86 valence electrons. The highest BCUT2D eigenvalue weighted by atomic mass is 32.2. The van der Waals surface area contributed by atoms with E-state index in [1.54, 1.807) is 0 Å². The molecule has 0 unspecified atom stereocenters. The van der Waals surface area contributed by atoms with Gasteiger partial charge in [-0.1, -0.05) is 0 Å². The van der Waals surface area contributed by atoms with Crippen molar-refractivity contribution in [3.8, 4) is 0 Å². The Hall–Kier alpha value is -0.830. The van der Waals surface area contributed by atoms with E-state index in [1.807, 2.05) is 12.1 Å². The summed E-state index contributed by atoms with van der Waals surface area (Å²) in [6, 6.07) is 9.95. The Morgan fingerprint density at radius 1 is 1.06 bits per heavy atom. The van der Waals surface area contributed by atoms with E-state index in [2.05, 4.69) is 28.8 Å². The van der Waals surface area contributed by atoms with Crippen LogP contribution in [0.5, 0.6) is 0 Å². The lowest BCUT2D eigenvalue weighted by Crippen LogP contribution is -2.37. The van der Waals surface area contributed by atoms with E-state index >= 15 is 0 Å². The Labute approximate surface area is 101 Å². The maximum Gasteiger partial charge on any atom is 0.0391 e. The van der Waals surface area contributed by atoms with Gasteiger partial charge in [0.15, 0.2) is 0 Å². The van der Waals surface area contributed by atoms with E-state index < -0.39 is 0 Å². The second-order valence-electron chi connectivity index (χ2n) is 4.75. The lowest BCUT2D eigenvalue weighted by Gasteiger charge is -2.31. The van der Waals surface area contributed by atoms with Crippen molar-refractivity contribution in [3.05, 3.63) is 24.3 Å². The molecule has 2 aliphatic rings. The van der Waals surface area contributed by atoms with Crippen LogP contribution in [0.15, 0.2) is 24.3 Å². The van der Waals surface area contributed by atoms with Crippen molar-refractivity contribution in [2.24, 2.45) is 0 Å². The Morgan fingerprint density at radius 3 is 2.38 bits per heavy atom. The second kappa shape index (κ2) is 4.21. The molecule has 0 spiro atoms. The summed E-state index contributed by atoms with van der Waals surface area (Å²) in [6.45, 7) is 0. The minimum absolute atomic E-state index is 0.751. The third-order valence-electron chi connectivity index (χ3n) is 3.43. The number of anilines is 2. The summed E-state index contributed by atoms with van der Waals surface area (Å²) in [4.78, 5) is 2.64. The van der Waals surface area contributed by atoms with Gasteiger partial charge in [-0.2, -0.15) is 11.8 Å². The topological polar surface area (TPSA) is 29.3 Å². The Kier molecular flexibility index (Phi) is 2.72. The van der Waals surface area contributed by atoms with Crippen LogP contribution in [0, 0.1) is 0 Å². The quantitative estimate of drug-likeness (QED) is 0.815. The molecule has 2 fully saturated rings. The van der Waals surface area contributed by atoms with Crippen LogP contribution in [0.1, 0.15) is 19.3 Å². The number of nitrogen functional groups attached to an aromatic ring is 1. The number of nitrogens with zero attached hydrogens (tertiary/aromatic N) is 1. The molecule has 1 aliphatic carbocycles. The van der Waals surface area contributed by atoms with Gasteiger partial charge in [0.05, 0.1) is 0 Å². The third kappa shape index (κ3) is 2.01. The van der Waals surface area contributed by atoms with E-state index in [-0.39, 0.29) is 0 Å². The highest BCUT2D eigenvalue weighted by Gasteiger charge is 2.35. The molecule has 0 aromatic heterocycles. The SMILES string of the molecule is Nc1ccc(N(C2CC2)[C@@H]2CCSC2)cc1. The zero-order chi connectivity index (χ0) is 11.0. The van der Waals surface area contributed by atoms with Crippen molar-refractivity contribution in [2.75, 3.05) is 22.1 Å². The van der Waals surface area contributed by atoms with E-state index in [1.165, 1.54) is 36.5 Å². The lowest BCUT2D eigenvalue weighted by atomic mass is 10.1. The Balaban J connectivity index is 1.84. The molecule has 0 amide bonds. The van der Waals surface area contributed by atoms with Crippen LogP contribution in [0.3, 0.4) is 0 Å². The average Bonchev–Trinajstić information content (AvgIpc) is 2.97. The van der Waals surface area contributed by atoms with Gasteiger partial charge in [-0.05, 0) is 49.3 Å². The second-order valence-corrected chi connectivity index (χ2v) is 5.90. The lowest BCUT2D eigenvalue weighted by molar-refractivity contribution is 0.640. The van der Waals surface area contributed by atoms with Gasteiger partial charge in [0.1, 0.15) is 0 Å². The van der Waals surface area contributed by atoms with Crippen LogP contribution in [0.4, 0.5) is 11.4 Å². The summed E-state index contributed by atoms with van der Waals surface area (Å²) >= 11 is 2.09. The van der Waals surface area contributed by atoms with Gasteiger partial charge < -0.3 is 10.6 Å². The first-order valence-corrected chi connectivity index (χ1v) is 7.22. The fraction of sp³-hybridized carbons (Fsp3) is 0.538. The van der Waals surface area contributed by atoms with Crippen molar-refractivity contribution in [1.82, 2.24) is 0 Å². The smallest absolute Gasteiger partial charge is 0.0391 e. The zero-order valence-electron chi connectivity index (χ0n) is 9.43. The molecule has 1 aromatic carbocycles. The molecule has 3 heteroatoms. The molecule has 2 nitrogen and oxygen atoms in total. The van der Waals surface area contributed by atoms with Crippen LogP contribution in [-0.2, 0) is 0 Å². The predicted molar refractivity (Wildman–Crippen MR) is 72.1 cm³/mol. The van der Waals surface area contributed by atoms with Gasteiger partial charge in [0, 0.05) is 29.2 Å². The van der Waals surface area contributed by atoms with Crippen LogP contribution >= 0.6 is 11.8 Å². The Bertz CT molecular complexity index is 353. The van der Waals surface area contributed by atoms with Crippen molar-refractivity contribution < 1.29 is 0 Å². The summed E-state index contributed by atoms with van der Waals surface area (Å²) in [5.74, 6) is 2.61. The summed E-state index contributed by atoms with van der Waals surface area (Å²) in [7, 11) is 0. The molecule has 2 N–H and O–H groups in total. The maximum absolute atomic E-state index is 5.75. The molecule has 3 rings (SSSR count). The fourth-order valence-electron chi connectivity index (χ4n) is 2.46. The van der Waals surface area contributed by atoms with Gasteiger partial charge in [0.25, 0.3) is 0 Å². The van der Waals surface area contributed by atoms with E-state index in [4.69, 9.17) is 5.73 Å². The zero-order valence-corrected chi connectivity index (χ0v) is 10.2. The largest absolute Gasteiger partial charge is 0.399 e. The standard InChI is InChI=1S/C13H18N2S/c14-10-1-3-11(4-2-10)15(12-5-6-12)13-7-8-16-9-13/h1-4,12-13H,5-9,14H2/t13-/m1/s1. The van der Waals surface area contributed by atoms with Crippen molar-refractivity contribution in [1.29, 1.82) is 0 Å². The van der Waals surface area contributed by atoms with E-state index in [9.17, 15) is 0 Å². The van der Waals surface area contributed by atoms with Crippen LogP contribution in [0.25, 0.3) is 0 Å². The molecule has 0 bridgehead atoms. The molecule has 16 heavy (non-hydrogen) atoms. The molecule has 0 radical (unpaired) electrons. The molecule has 1 aliphatic heterocycles. The molecule has 1 saturated carbocycles. The van der Waals surface area contributed by atoms with Gasteiger partial charge in [-0.25, -0.2) is 0 Å². The number of hydrogen-bond acceptors (Lipinski definition) is 3. The van der Waals surface area contributed by atoms with E-state index in [0.29, 0.717) is 0 Å². The highest BCUT2D eigenvalue weighted by molar-refractivity contribution is 7.99. The third-order valence-corrected chi connectivity index (χ3v) is 4.58. The fourth-order valence-corrected chi connectivity index (χ4v) is 3.67. The van der Waals surface area contributed by atoms with Crippen molar-refractivity contribution in [3.63, 3.8) is 0 Å². The minimum Gasteiger partial charge on any atom is -0.399 e. The summed E-state index contributed by atoms with van der Waals surface area (Å²) in [5.41, 5.74) is 7.98. The van der Waals surface area contributed by atoms with Crippen LogP contribution in [0.2, 0.25) is 0 Å². The van der Waals surface area contributed by atoms with E-state index in [0.717, 1.165) is 17.8 Å². The van der Waals surface area contributed by atoms with Crippen molar-refractivity contribution in [2.45, 2.75) is 31.3 Å². The maximum atomic E-state index is 5.75. The number of hydrogen-bond donors (Lipinski definition) is 1. The molecule has 1 aromatic rings. The average molecular weight is 234 g/mol. The Morgan fingerprint density at radius 2 is 1.81 bits per heavy atom. The number of rotatable bonds is 3.